The highest BCUT2D eigenvalue weighted by Gasteiger charge is 2.29. The molecule has 0 aromatic carbocycles. The normalized spacial score (nSPS) is 15.4. The van der Waals surface area contributed by atoms with E-state index in [1.165, 1.54) is 7.05 Å². The van der Waals surface area contributed by atoms with E-state index in [9.17, 15) is 21.6 Å². The molecule has 8 heteroatoms. The first-order valence-electron chi connectivity index (χ1n) is 4.68. The molecular weight excluding hydrogens is 267 g/mol. The summed E-state index contributed by atoms with van der Waals surface area (Å²) in [5.74, 6) is -0.404. The summed E-state index contributed by atoms with van der Waals surface area (Å²) in [5.41, 5.74) is 0. The number of hydrogen-bond acceptors (Lipinski definition) is 2. The highest BCUT2D eigenvalue weighted by Crippen LogP contribution is 2.22. The molecule has 0 spiro atoms. The van der Waals surface area contributed by atoms with Crippen molar-refractivity contribution in [3.8, 4) is 0 Å². The Labute approximate surface area is 98.6 Å². The summed E-state index contributed by atoms with van der Waals surface area (Å²) in [4.78, 5) is 0. The van der Waals surface area contributed by atoms with Gasteiger partial charge in [0, 0.05) is 25.4 Å². The van der Waals surface area contributed by atoms with Crippen molar-refractivity contribution in [3.05, 3.63) is 0 Å². The molecule has 0 bridgehead atoms. The fraction of sp³-hybridized carbons (Fsp3) is 1.00. The molecule has 0 saturated heterocycles. The third kappa shape index (κ3) is 5.91. The van der Waals surface area contributed by atoms with Crippen LogP contribution in [0.15, 0.2) is 0 Å². The Kier molecular flexibility index (Phi) is 6.06. The first-order chi connectivity index (χ1) is 7.10. The Bertz CT molecular complexity index is 305. The average Bonchev–Trinajstić information content (AvgIpc) is 2.13. The highest BCUT2D eigenvalue weighted by molar-refractivity contribution is 7.89. The molecule has 1 atom stereocenters. The van der Waals surface area contributed by atoms with Crippen molar-refractivity contribution in [2.24, 2.45) is 0 Å². The summed E-state index contributed by atoms with van der Waals surface area (Å²) in [6, 6.07) is -0.419. The molecule has 0 N–H and O–H groups in total. The summed E-state index contributed by atoms with van der Waals surface area (Å²) in [5, 5.41) is 0. The van der Waals surface area contributed by atoms with Crippen LogP contribution >= 0.6 is 11.6 Å². The summed E-state index contributed by atoms with van der Waals surface area (Å²) < 4.78 is 59.5. The van der Waals surface area contributed by atoms with Crippen molar-refractivity contribution in [1.29, 1.82) is 0 Å². The number of halogens is 4. The zero-order valence-electron chi connectivity index (χ0n) is 9.09. The molecule has 98 valence electrons. The zero-order valence-corrected chi connectivity index (χ0v) is 10.7. The molecule has 16 heavy (non-hydrogen) atoms. The Morgan fingerprint density at radius 2 is 1.88 bits per heavy atom. The molecule has 0 aliphatic rings. The van der Waals surface area contributed by atoms with Gasteiger partial charge in [-0.1, -0.05) is 0 Å². The molecule has 0 fully saturated rings. The van der Waals surface area contributed by atoms with Gasteiger partial charge in [0.2, 0.25) is 10.0 Å². The maximum Gasteiger partial charge on any atom is 0.389 e. The smallest absolute Gasteiger partial charge is 0.212 e. The Balaban J connectivity index is 4.26. The van der Waals surface area contributed by atoms with Gasteiger partial charge in [-0.3, -0.25) is 0 Å². The largest absolute Gasteiger partial charge is 0.389 e. The maximum atomic E-state index is 11.8. The van der Waals surface area contributed by atoms with E-state index in [2.05, 4.69) is 0 Å². The lowest BCUT2D eigenvalue weighted by molar-refractivity contribution is -0.134. The highest BCUT2D eigenvalue weighted by atomic mass is 35.5. The van der Waals surface area contributed by atoms with Gasteiger partial charge in [-0.15, -0.1) is 11.6 Å². The van der Waals surface area contributed by atoms with Gasteiger partial charge in [-0.05, 0) is 13.3 Å². The third-order valence-corrected chi connectivity index (χ3v) is 4.63. The van der Waals surface area contributed by atoms with Gasteiger partial charge in [0.15, 0.2) is 0 Å². The van der Waals surface area contributed by atoms with Crippen LogP contribution in [0.2, 0.25) is 0 Å². The zero-order chi connectivity index (χ0) is 13.0. The lowest BCUT2D eigenvalue weighted by Gasteiger charge is -2.22. The summed E-state index contributed by atoms with van der Waals surface area (Å²) in [6.45, 7) is 1.59. The van der Waals surface area contributed by atoms with Crippen LogP contribution in [0.4, 0.5) is 13.2 Å². The van der Waals surface area contributed by atoms with Gasteiger partial charge in [-0.25, -0.2) is 12.7 Å². The van der Waals surface area contributed by atoms with Crippen LogP contribution in [0.3, 0.4) is 0 Å². The van der Waals surface area contributed by atoms with Crippen LogP contribution in [0.25, 0.3) is 0 Å². The molecule has 0 saturated carbocycles. The van der Waals surface area contributed by atoms with Gasteiger partial charge < -0.3 is 0 Å². The Morgan fingerprint density at radius 1 is 1.38 bits per heavy atom. The number of nitrogens with zero attached hydrogens (tertiary/aromatic N) is 1. The molecule has 0 aromatic rings. The third-order valence-electron chi connectivity index (χ3n) is 2.15. The second kappa shape index (κ2) is 6.07. The van der Waals surface area contributed by atoms with Crippen molar-refractivity contribution in [2.45, 2.75) is 32.0 Å². The first-order valence-corrected chi connectivity index (χ1v) is 6.83. The molecule has 1 unspecified atom stereocenters. The van der Waals surface area contributed by atoms with Crippen LogP contribution in [0.1, 0.15) is 19.8 Å². The predicted octanol–water partition coefficient (Wildman–Crippen LogP) is 2.22. The molecule has 0 aliphatic heterocycles. The van der Waals surface area contributed by atoms with E-state index in [0.717, 1.165) is 4.31 Å². The van der Waals surface area contributed by atoms with Crippen molar-refractivity contribution in [1.82, 2.24) is 4.31 Å². The average molecular weight is 282 g/mol. The van der Waals surface area contributed by atoms with E-state index in [1.54, 1.807) is 6.92 Å². The lowest BCUT2D eigenvalue weighted by atomic mass is 10.3. The second-order valence-corrected chi connectivity index (χ2v) is 6.01. The van der Waals surface area contributed by atoms with Gasteiger partial charge in [0.05, 0.1) is 5.75 Å². The second-order valence-electron chi connectivity index (χ2n) is 3.55. The Morgan fingerprint density at radius 3 is 2.25 bits per heavy atom. The van der Waals surface area contributed by atoms with Gasteiger partial charge in [-0.2, -0.15) is 13.2 Å². The summed E-state index contributed by atoms with van der Waals surface area (Å²) in [7, 11) is -2.33. The molecule has 0 radical (unpaired) electrons. The fourth-order valence-corrected chi connectivity index (χ4v) is 2.68. The van der Waals surface area contributed by atoms with Gasteiger partial charge in [0.1, 0.15) is 0 Å². The summed E-state index contributed by atoms with van der Waals surface area (Å²) in [6.07, 6.45) is -5.83. The quantitative estimate of drug-likeness (QED) is 0.700. The lowest BCUT2D eigenvalue weighted by Crippen LogP contribution is -2.37. The minimum atomic E-state index is -4.31. The van der Waals surface area contributed by atoms with Crippen LogP contribution in [0, 0.1) is 0 Å². The monoisotopic (exact) mass is 281 g/mol. The molecule has 3 nitrogen and oxygen atoms in total. The molecule has 0 amide bonds. The minimum Gasteiger partial charge on any atom is -0.212 e. The van der Waals surface area contributed by atoms with E-state index in [4.69, 9.17) is 11.6 Å². The van der Waals surface area contributed by atoms with Crippen LogP contribution in [-0.2, 0) is 10.0 Å². The molecule has 0 rings (SSSR count). The maximum absolute atomic E-state index is 11.8. The molecule has 0 aliphatic carbocycles. The van der Waals surface area contributed by atoms with Gasteiger partial charge in [0.25, 0.3) is 0 Å². The van der Waals surface area contributed by atoms with E-state index >= 15 is 0 Å². The van der Waals surface area contributed by atoms with Gasteiger partial charge >= 0.3 is 6.18 Å². The molecular formula is C8H15ClF3NO2S. The molecule has 0 heterocycles. The predicted molar refractivity (Wildman–Crippen MR) is 57.0 cm³/mol. The van der Waals surface area contributed by atoms with Crippen LogP contribution in [0.5, 0.6) is 0 Å². The molecule has 0 aromatic heterocycles. The van der Waals surface area contributed by atoms with Crippen LogP contribution in [-0.4, -0.2) is 43.6 Å². The number of sulfonamides is 1. The van der Waals surface area contributed by atoms with Crippen LogP contribution < -0.4 is 0 Å². The van der Waals surface area contributed by atoms with E-state index in [-0.39, 0.29) is 5.88 Å². The van der Waals surface area contributed by atoms with E-state index in [1.807, 2.05) is 0 Å². The number of alkyl halides is 4. The number of hydrogen-bond donors (Lipinski definition) is 0. The minimum absolute atomic E-state index is 0.106. The SMILES string of the molecule is CC(CCl)N(C)S(=O)(=O)CCCC(F)(F)F. The Hall–Kier alpha value is -0.0100. The van der Waals surface area contributed by atoms with E-state index < -0.39 is 40.8 Å². The van der Waals surface area contributed by atoms with Crippen molar-refractivity contribution in [2.75, 3.05) is 18.7 Å². The first kappa shape index (κ1) is 16.0. The van der Waals surface area contributed by atoms with Crippen molar-refractivity contribution in [3.63, 3.8) is 0 Å². The van der Waals surface area contributed by atoms with Crippen molar-refractivity contribution >= 4 is 21.6 Å². The summed E-state index contributed by atoms with van der Waals surface area (Å²) >= 11 is 5.47. The fourth-order valence-electron chi connectivity index (χ4n) is 0.970. The van der Waals surface area contributed by atoms with Crippen molar-refractivity contribution < 1.29 is 21.6 Å². The van der Waals surface area contributed by atoms with E-state index in [0.29, 0.717) is 0 Å². The number of rotatable bonds is 6. The standard InChI is InChI=1S/C8H15ClF3NO2S/c1-7(6-9)13(2)16(14,15)5-3-4-8(10,11)12/h7H,3-6H2,1-2H3. The topological polar surface area (TPSA) is 37.4 Å².